The average Bonchev–Trinajstić information content (AvgIpc) is 2.45. The van der Waals surface area contributed by atoms with Crippen molar-refractivity contribution in [2.75, 3.05) is 11.9 Å². The first-order chi connectivity index (χ1) is 9.99. The predicted octanol–water partition coefficient (Wildman–Crippen LogP) is 4.00. The molecule has 0 aliphatic carbocycles. The maximum Gasteiger partial charge on any atom is 0.328 e. The molecular weight excluding hydrogens is 269 g/mol. The van der Waals surface area contributed by atoms with Crippen molar-refractivity contribution in [3.63, 3.8) is 0 Å². The van der Waals surface area contributed by atoms with E-state index < -0.39 is 5.97 Å². The predicted molar refractivity (Wildman–Crippen MR) is 82.3 cm³/mol. The molecule has 0 radical (unpaired) electrons. The minimum atomic E-state index is -1.02. The Balaban J connectivity index is 2.48. The minimum absolute atomic E-state index is 0.325. The van der Waals surface area contributed by atoms with Gasteiger partial charge in [-0.15, -0.1) is 0 Å². The SMILES string of the molecule is Cc1ccc(N(C)c2ccccc2F)c(/C=C/C(=O)O)c1. The summed E-state index contributed by atoms with van der Waals surface area (Å²) in [6, 6.07) is 12.1. The Morgan fingerprint density at radius 1 is 1.19 bits per heavy atom. The van der Waals surface area contributed by atoms with Crippen LogP contribution in [-0.4, -0.2) is 18.1 Å². The first-order valence-corrected chi connectivity index (χ1v) is 6.49. The number of carboxylic acids is 1. The Kier molecular flexibility index (Phi) is 4.38. The van der Waals surface area contributed by atoms with Gasteiger partial charge in [-0.3, -0.25) is 0 Å². The fourth-order valence-corrected chi connectivity index (χ4v) is 2.13. The molecule has 0 spiro atoms. The highest BCUT2D eigenvalue weighted by atomic mass is 19.1. The Morgan fingerprint density at radius 2 is 1.90 bits per heavy atom. The molecule has 0 aliphatic rings. The standard InChI is InChI=1S/C17H16FNO2/c1-12-7-9-15(13(11-12)8-10-17(20)21)19(2)16-6-4-3-5-14(16)18/h3-11H,1-2H3,(H,20,21)/b10-8+. The van der Waals surface area contributed by atoms with Gasteiger partial charge >= 0.3 is 5.97 Å². The maximum absolute atomic E-state index is 13.9. The van der Waals surface area contributed by atoms with Crippen LogP contribution in [0.3, 0.4) is 0 Å². The summed E-state index contributed by atoms with van der Waals surface area (Å²) in [5, 5.41) is 8.77. The van der Waals surface area contributed by atoms with Crippen molar-refractivity contribution in [1.82, 2.24) is 0 Å². The number of carboxylic acid groups (broad SMARTS) is 1. The molecule has 0 saturated carbocycles. The third-order valence-corrected chi connectivity index (χ3v) is 3.16. The van der Waals surface area contributed by atoms with Crippen LogP contribution in [0.5, 0.6) is 0 Å². The first-order valence-electron chi connectivity index (χ1n) is 6.49. The van der Waals surface area contributed by atoms with Gasteiger partial charge in [0, 0.05) is 18.8 Å². The molecule has 0 heterocycles. The topological polar surface area (TPSA) is 40.5 Å². The molecule has 2 rings (SSSR count). The van der Waals surface area contributed by atoms with Crippen LogP contribution in [0.2, 0.25) is 0 Å². The number of carbonyl (C=O) groups is 1. The van der Waals surface area contributed by atoms with Gasteiger partial charge in [-0.1, -0.05) is 23.8 Å². The Hall–Kier alpha value is -2.62. The lowest BCUT2D eigenvalue weighted by Crippen LogP contribution is -2.12. The van der Waals surface area contributed by atoms with E-state index in [1.807, 2.05) is 25.1 Å². The number of hydrogen-bond donors (Lipinski definition) is 1. The number of anilines is 2. The van der Waals surface area contributed by atoms with Crippen LogP contribution < -0.4 is 4.90 Å². The van der Waals surface area contributed by atoms with Crippen molar-refractivity contribution in [1.29, 1.82) is 0 Å². The second-order valence-electron chi connectivity index (χ2n) is 4.74. The fourth-order valence-electron chi connectivity index (χ4n) is 2.13. The van der Waals surface area contributed by atoms with Crippen LogP contribution in [0.15, 0.2) is 48.5 Å². The molecule has 0 saturated heterocycles. The highest BCUT2D eigenvalue weighted by Gasteiger charge is 2.11. The molecule has 21 heavy (non-hydrogen) atoms. The molecule has 1 N–H and O–H groups in total. The van der Waals surface area contributed by atoms with Crippen molar-refractivity contribution in [3.8, 4) is 0 Å². The highest BCUT2D eigenvalue weighted by molar-refractivity contribution is 5.87. The van der Waals surface area contributed by atoms with Gasteiger partial charge in [-0.25, -0.2) is 9.18 Å². The van der Waals surface area contributed by atoms with E-state index in [0.717, 1.165) is 22.9 Å². The van der Waals surface area contributed by atoms with E-state index in [-0.39, 0.29) is 5.82 Å². The number of para-hydroxylation sites is 1. The summed E-state index contributed by atoms with van der Waals surface area (Å²) in [5.41, 5.74) is 2.91. The van der Waals surface area contributed by atoms with Crippen molar-refractivity contribution in [2.24, 2.45) is 0 Å². The summed E-state index contributed by atoms with van der Waals surface area (Å²) in [5.74, 6) is -1.34. The van der Waals surface area contributed by atoms with E-state index in [4.69, 9.17) is 5.11 Å². The van der Waals surface area contributed by atoms with Crippen molar-refractivity contribution in [3.05, 3.63) is 65.5 Å². The number of hydrogen-bond acceptors (Lipinski definition) is 2. The summed E-state index contributed by atoms with van der Waals surface area (Å²) in [4.78, 5) is 12.4. The third-order valence-electron chi connectivity index (χ3n) is 3.16. The highest BCUT2D eigenvalue weighted by Crippen LogP contribution is 2.30. The van der Waals surface area contributed by atoms with Gasteiger partial charge in [-0.2, -0.15) is 0 Å². The van der Waals surface area contributed by atoms with Crippen LogP contribution >= 0.6 is 0 Å². The monoisotopic (exact) mass is 285 g/mol. The fraction of sp³-hybridized carbons (Fsp3) is 0.118. The molecule has 0 unspecified atom stereocenters. The zero-order chi connectivity index (χ0) is 15.4. The van der Waals surface area contributed by atoms with Crippen LogP contribution in [0.1, 0.15) is 11.1 Å². The van der Waals surface area contributed by atoms with E-state index in [2.05, 4.69) is 0 Å². The zero-order valence-corrected chi connectivity index (χ0v) is 11.9. The van der Waals surface area contributed by atoms with Crippen LogP contribution in [0.25, 0.3) is 6.08 Å². The van der Waals surface area contributed by atoms with E-state index >= 15 is 0 Å². The molecule has 4 heteroatoms. The average molecular weight is 285 g/mol. The smallest absolute Gasteiger partial charge is 0.328 e. The molecule has 0 amide bonds. The summed E-state index contributed by atoms with van der Waals surface area (Å²) < 4.78 is 13.9. The normalized spacial score (nSPS) is 10.8. The van der Waals surface area contributed by atoms with E-state index in [1.54, 1.807) is 30.1 Å². The van der Waals surface area contributed by atoms with Gasteiger partial charge < -0.3 is 10.0 Å². The van der Waals surface area contributed by atoms with Gasteiger partial charge in [0.1, 0.15) is 5.82 Å². The Morgan fingerprint density at radius 3 is 2.57 bits per heavy atom. The molecular formula is C17H16FNO2. The summed E-state index contributed by atoms with van der Waals surface area (Å²) in [6.45, 7) is 1.92. The van der Waals surface area contributed by atoms with Gasteiger partial charge in [0.15, 0.2) is 0 Å². The Bertz CT molecular complexity index is 695. The second-order valence-corrected chi connectivity index (χ2v) is 4.74. The van der Waals surface area contributed by atoms with E-state index in [9.17, 15) is 9.18 Å². The second kappa shape index (κ2) is 6.22. The number of halogens is 1. The molecule has 0 aliphatic heterocycles. The molecule has 2 aromatic rings. The summed E-state index contributed by atoms with van der Waals surface area (Å²) >= 11 is 0. The zero-order valence-electron chi connectivity index (χ0n) is 11.9. The molecule has 2 aromatic carbocycles. The van der Waals surface area contributed by atoms with E-state index in [0.29, 0.717) is 5.69 Å². The lowest BCUT2D eigenvalue weighted by molar-refractivity contribution is -0.131. The summed E-state index contributed by atoms with van der Waals surface area (Å²) in [7, 11) is 1.75. The number of rotatable bonds is 4. The number of nitrogens with zero attached hydrogens (tertiary/aromatic N) is 1. The van der Waals surface area contributed by atoms with Gasteiger partial charge in [0.2, 0.25) is 0 Å². The van der Waals surface area contributed by atoms with E-state index in [1.165, 1.54) is 12.1 Å². The lowest BCUT2D eigenvalue weighted by atomic mass is 10.1. The molecule has 0 atom stereocenters. The molecule has 0 bridgehead atoms. The van der Waals surface area contributed by atoms with Crippen molar-refractivity contribution in [2.45, 2.75) is 6.92 Å². The molecule has 0 aromatic heterocycles. The molecule has 3 nitrogen and oxygen atoms in total. The minimum Gasteiger partial charge on any atom is -0.478 e. The number of aryl methyl sites for hydroxylation is 1. The largest absolute Gasteiger partial charge is 0.478 e. The van der Waals surface area contributed by atoms with Crippen molar-refractivity contribution >= 4 is 23.4 Å². The van der Waals surface area contributed by atoms with Gasteiger partial charge in [-0.05, 0) is 42.8 Å². The quantitative estimate of drug-likeness (QED) is 0.863. The van der Waals surface area contributed by atoms with Crippen LogP contribution in [0.4, 0.5) is 15.8 Å². The molecule has 108 valence electrons. The van der Waals surface area contributed by atoms with Crippen molar-refractivity contribution < 1.29 is 14.3 Å². The maximum atomic E-state index is 13.9. The van der Waals surface area contributed by atoms with Gasteiger partial charge in [0.25, 0.3) is 0 Å². The summed E-state index contributed by atoms with van der Waals surface area (Å²) in [6.07, 6.45) is 2.59. The Labute approximate surface area is 123 Å². The third kappa shape index (κ3) is 3.48. The van der Waals surface area contributed by atoms with Crippen LogP contribution in [-0.2, 0) is 4.79 Å². The number of benzene rings is 2. The first kappa shape index (κ1) is 14.8. The number of aliphatic carboxylic acids is 1. The van der Waals surface area contributed by atoms with Crippen LogP contribution in [0, 0.1) is 12.7 Å². The van der Waals surface area contributed by atoms with Gasteiger partial charge in [0.05, 0.1) is 5.69 Å². The molecule has 0 fully saturated rings. The lowest BCUT2D eigenvalue weighted by Gasteiger charge is -2.22.